The normalized spacial score (nSPS) is 10.6. The van der Waals surface area contributed by atoms with Crippen molar-refractivity contribution in [2.24, 2.45) is 0 Å². The van der Waals surface area contributed by atoms with Crippen molar-refractivity contribution in [1.29, 1.82) is 0 Å². The molecule has 0 aliphatic heterocycles. The number of hydrogen-bond donors (Lipinski definition) is 1. The Morgan fingerprint density at radius 1 is 1.00 bits per heavy atom. The maximum atomic E-state index is 12.6. The van der Waals surface area contributed by atoms with Gasteiger partial charge in [-0.1, -0.05) is 35.5 Å². The first kappa shape index (κ1) is 23.2. The quantitative estimate of drug-likeness (QED) is 0.296. The fraction of sp³-hybridized carbons (Fsp3) is 0.160. The maximum absolute atomic E-state index is 12.6. The van der Waals surface area contributed by atoms with Gasteiger partial charge >= 0.3 is 5.97 Å². The van der Waals surface area contributed by atoms with Gasteiger partial charge < -0.3 is 10.1 Å². The number of benzene rings is 2. The lowest BCUT2D eigenvalue weighted by Gasteiger charge is -2.10. The summed E-state index contributed by atoms with van der Waals surface area (Å²) in [5, 5.41) is 12.1. The molecule has 0 spiro atoms. The van der Waals surface area contributed by atoms with Gasteiger partial charge in [-0.25, -0.2) is 4.79 Å². The van der Waals surface area contributed by atoms with Crippen molar-refractivity contribution >= 4 is 29.3 Å². The van der Waals surface area contributed by atoms with Crippen LogP contribution in [0.15, 0.2) is 78.1 Å². The lowest BCUT2D eigenvalue weighted by Crippen LogP contribution is -2.15. The van der Waals surface area contributed by atoms with Gasteiger partial charge in [0.25, 0.3) is 0 Å². The van der Waals surface area contributed by atoms with E-state index in [2.05, 4.69) is 20.5 Å². The minimum atomic E-state index is -0.393. The van der Waals surface area contributed by atoms with Crippen molar-refractivity contribution in [1.82, 2.24) is 19.7 Å². The Kier molecular flexibility index (Phi) is 7.34. The van der Waals surface area contributed by atoms with E-state index in [4.69, 9.17) is 4.74 Å². The second-order valence-electron chi connectivity index (χ2n) is 7.33. The largest absolute Gasteiger partial charge is 0.462 e. The molecule has 2 aromatic carbocycles. The van der Waals surface area contributed by atoms with Gasteiger partial charge in [-0.3, -0.25) is 14.3 Å². The Hall–Kier alpha value is -3.98. The van der Waals surface area contributed by atoms with E-state index in [0.29, 0.717) is 34.5 Å². The fourth-order valence-corrected chi connectivity index (χ4v) is 3.93. The molecule has 4 rings (SSSR count). The van der Waals surface area contributed by atoms with Crippen molar-refractivity contribution in [3.05, 3.63) is 84.1 Å². The third-order valence-electron chi connectivity index (χ3n) is 4.83. The summed E-state index contributed by atoms with van der Waals surface area (Å²) in [6, 6.07) is 20.2. The first-order chi connectivity index (χ1) is 16.5. The topological polar surface area (TPSA) is 99.0 Å². The molecule has 2 heterocycles. The Balaban J connectivity index is 1.49. The molecule has 0 unspecified atom stereocenters. The third-order valence-corrected chi connectivity index (χ3v) is 5.76. The van der Waals surface area contributed by atoms with Gasteiger partial charge in [-0.15, -0.1) is 10.2 Å². The zero-order chi connectivity index (χ0) is 23.9. The minimum Gasteiger partial charge on any atom is -0.462 e. The van der Waals surface area contributed by atoms with Crippen molar-refractivity contribution in [2.45, 2.75) is 19.0 Å². The summed E-state index contributed by atoms with van der Waals surface area (Å²) < 4.78 is 6.87. The molecule has 4 aromatic rings. The highest BCUT2D eigenvalue weighted by Crippen LogP contribution is 2.27. The highest BCUT2D eigenvalue weighted by Gasteiger charge is 2.18. The van der Waals surface area contributed by atoms with Gasteiger partial charge in [0.1, 0.15) is 5.69 Å². The van der Waals surface area contributed by atoms with Gasteiger partial charge in [0, 0.05) is 17.6 Å². The van der Waals surface area contributed by atoms with Crippen molar-refractivity contribution in [3.63, 3.8) is 0 Å². The van der Waals surface area contributed by atoms with Gasteiger partial charge in [0.2, 0.25) is 5.91 Å². The minimum absolute atomic E-state index is 0.131. The Labute approximate surface area is 201 Å². The molecule has 172 valence electrons. The average molecular weight is 474 g/mol. The van der Waals surface area contributed by atoms with Crippen molar-refractivity contribution in [2.75, 3.05) is 17.7 Å². The van der Waals surface area contributed by atoms with Crippen LogP contribution >= 0.6 is 11.8 Å². The van der Waals surface area contributed by atoms with E-state index >= 15 is 0 Å². The Morgan fingerprint density at radius 3 is 2.44 bits per heavy atom. The van der Waals surface area contributed by atoms with Crippen LogP contribution in [0.1, 0.15) is 22.8 Å². The smallest absolute Gasteiger partial charge is 0.338 e. The number of anilines is 1. The lowest BCUT2D eigenvalue weighted by atomic mass is 10.2. The van der Waals surface area contributed by atoms with E-state index in [9.17, 15) is 9.59 Å². The third kappa shape index (κ3) is 5.49. The molecule has 1 amide bonds. The van der Waals surface area contributed by atoms with Crippen LogP contribution in [0, 0.1) is 6.92 Å². The number of nitrogens with zero attached hydrogens (tertiary/aromatic N) is 4. The van der Waals surface area contributed by atoms with Crippen molar-refractivity contribution < 1.29 is 14.3 Å². The molecule has 0 radical (unpaired) electrons. The van der Waals surface area contributed by atoms with Gasteiger partial charge in [-0.2, -0.15) is 0 Å². The molecular weight excluding hydrogens is 450 g/mol. The summed E-state index contributed by atoms with van der Waals surface area (Å²) in [4.78, 5) is 28.8. The summed E-state index contributed by atoms with van der Waals surface area (Å²) in [6.07, 6.45) is 1.71. The van der Waals surface area contributed by atoms with Crippen molar-refractivity contribution in [3.8, 4) is 17.2 Å². The zero-order valence-electron chi connectivity index (χ0n) is 18.8. The molecule has 0 aliphatic carbocycles. The number of ether oxygens (including phenoxy) is 1. The molecule has 1 N–H and O–H groups in total. The average Bonchev–Trinajstić information content (AvgIpc) is 3.28. The molecule has 8 nitrogen and oxygen atoms in total. The highest BCUT2D eigenvalue weighted by molar-refractivity contribution is 7.99. The predicted molar refractivity (Wildman–Crippen MR) is 131 cm³/mol. The number of carbonyl (C=O) groups is 2. The predicted octanol–water partition coefficient (Wildman–Crippen LogP) is 4.55. The molecule has 0 saturated carbocycles. The van der Waals surface area contributed by atoms with Crippen LogP contribution in [0.5, 0.6) is 0 Å². The molecule has 34 heavy (non-hydrogen) atoms. The number of thioether (sulfide) groups is 1. The molecule has 0 saturated heterocycles. The molecule has 0 aliphatic rings. The fourth-order valence-electron chi connectivity index (χ4n) is 3.18. The van der Waals surface area contributed by atoms with E-state index < -0.39 is 5.97 Å². The van der Waals surface area contributed by atoms with Crippen LogP contribution in [-0.2, 0) is 9.53 Å². The second kappa shape index (κ2) is 10.8. The number of nitrogens with one attached hydrogen (secondary N) is 1. The van der Waals surface area contributed by atoms with Crippen LogP contribution in [0.2, 0.25) is 0 Å². The monoisotopic (exact) mass is 473 g/mol. The second-order valence-corrected chi connectivity index (χ2v) is 8.27. The van der Waals surface area contributed by atoms with E-state index in [1.54, 1.807) is 37.4 Å². The molecular formula is C25H23N5O3S. The lowest BCUT2D eigenvalue weighted by molar-refractivity contribution is -0.113. The van der Waals surface area contributed by atoms with Crippen LogP contribution in [0.3, 0.4) is 0 Å². The summed E-state index contributed by atoms with van der Waals surface area (Å²) in [5.41, 5.74) is 3.73. The van der Waals surface area contributed by atoms with Crippen LogP contribution in [0.4, 0.5) is 5.69 Å². The maximum Gasteiger partial charge on any atom is 0.338 e. The zero-order valence-corrected chi connectivity index (χ0v) is 19.6. The number of pyridine rings is 1. The summed E-state index contributed by atoms with van der Waals surface area (Å²) in [6.45, 7) is 4.09. The first-order valence-electron chi connectivity index (χ1n) is 10.7. The van der Waals surface area contributed by atoms with Gasteiger partial charge in [0.05, 0.1) is 17.9 Å². The standard InChI is InChI=1S/C25H23N5O3S/c1-3-33-24(32)18-9-11-19(12-10-18)27-22(31)16-34-25-29-28-23(21-6-4-5-15-26-21)30(25)20-13-7-17(2)8-14-20/h4-15H,3,16H2,1-2H3,(H,27,31). The number of aryl methyl sites for hydroxylation is 1. The number of amides is 1. The van der Waals surface area contributed by atoms with E-state index in [1.165, 1.54) is 11.8 Å². The Morgan fingerprint density at radius 2 is 1.76 bits per heavy atom. The first-order valence-corrected chi connectivity index (χ1v) is 11.7. The van der Waals surface area contributed by atoms with E-state index in [-0.39, 0.29) is 11.7 Å². The number of aromatic nitrogens is 4. The van der Waals surface area contributed by atoms with Gasteiger partial charge in [-0.05, 0) is 62.4 Å². The number of rotatable bonds is 8. The molecule has 0 bridgehead atoms. The van der Waals surface area contributed by atoms with Gasteiger partial charge in [0.15, 0.2) is 11.0 Å². The number of hydrogen-bond acceptors (Lipinski definition) is 7. The van der Waals surface area contributed by atoms with Crippen LogP contribution in [0.25, 0.3) is 17.2 Å². The SMILES string of the molecule is CCOC(=O)c1ccc(NC(=O)CSc2nnc(-c3ccccn3)n2-c2ccc(C)cc2)cc1. The van der Waals surface area contributed by atoms with E-state index in [0.717, 1.165) is 11.3 Å². The number of carbonyl (C=O) groups excluding carboxylic acids is 2. The molecule has 2 aromatic heterocycles. The molecule has 0 atom stereocenters. The van der Waals surface area contributed by atoms with E-state index in [1.807, 2.05) is 54.0 Å². The molecule has 0 fully saturated rings. The van der Waals surface area contributed by atoms with Crippen LogP contribution < -0.4 is 5.32 Å². The van der Waals surface area contributed by atoms with Crippen LogP contribution in [-0.4, -0.2) is 44.0 Å². The Bertz CT molecular complexity index is 1270. The summed E-state index contributed by atoms with van der Waals surface area (Å²) in [7, 11) is 0. The summed E-state index contributed by atoms with van der Waals surface area (Å²) >= 11 is 1.28. The number of esters is 1. The molecule has 9 heteroatoms. The summed E-state index contributed by atoms with van der Waals surface area (Å²) in [5.74, 6) is 0.134. The highest BCUT2D eigenvalue weighted by atomic mass is 32.2.